The average molecular weight is 309 g/mol. The molecule has 1 saturated carbocycles. The van der Waals surface area contributed by atoms with Crippen LogP contribution in [0.15, 0.2) is 12.3 Å². The van der Waals surface area contributed by atoms with Gasteiger partial charge in [0.25, 0.3) is 0 Å². The van der Waals surface area contributed by atoms with Crippen molar-refractivity contribution in [2.24, 2.45) is 0 Å². The first-order valence-corrected chi connectivity index (χ1v) is 7.83. The van der Waals surface area contributed by atoms with Crippen molar-refractivity contribution in [1.29, 1.82) is 0 Å². The van der Waals surface area contributed by atoms with Gasteiger partial charge in [-0.3, -0.25) is 4.79 Å². The fourth-order valence-corrected chi connectivity index (χ4v) is 2.70. The molecule has 1 aromatic heterocycles. The Kier molecular flexibility index (Phi) is 6.32. The third kappa shape index (κ3) is 5.44. The second-order valence-corrected chi connectivity index (χ2v) is 5.62. The maximum atomic E-state index is 11.7. The van der Waals surface area contributed by atoms with E-state index in [4.69, 9.17) is 0 Å². The summed E-state index contributed by atoms with van der Waals surface area (Å²) in [6.45, 7) is 1.30. The molecule has 0 bridgehead atoms. The van der Waals surface area contributed by atoms with E-state index in [-0.39, 0.29) is 18.3 Å². The van der Waals surface area contributed by atoms with Gasteiger partial charge in [-0.25, -0.2) is 0 Å². The standard InChI is InChI=1S/C14H23N5O3/c20-14(11-18-10-7-13(17-18)19(21)22)16-9-8-15-12-5-3-1-2-4-6-12/h7,10,12,15H,1-6,8-9,11H2,(H,16,20). The Bertz CT molecular complexity index is 494. The lowest BCUT2D eigenvalue weighted by atomic mass is 10.1. The summed E-state index contributed by atoms with van der Waals surface area (Å²) >= 11 is 0. The summed E-state index contributed by atoms with van der Waals surface area (Å²) in [5.74, 6) is -0.441. The van der Waals surface area contributed by atoms with Crippen LogP contribution in [0.3, 0.4) is 0 Å². The number of hydrogen-bond donors (Lipinski definition) is 2. The first-order chi connectivity index (χ1) is 10.6. The van der Waals surface area contributed by atoms with Crippen LogP contribution in [0.25, 0.3) is 0 Å². The average Bonchev–Trinajstić information content (AvgIpc) is 2.79. The number of carbonyl (C=O) groups excluding carboxylic acids is 1. The summed E-state index contributed by atoms with van der Waals surface area (Å²) in [6, 6.07) is 1.84. The van der Waals surface area contributed by atoms with Gasteiger partial charge in [-0.2, -0.15) is 4.68 Å². The summed E-state index contributed by atoms with van der Waals surface area (Å²) in [4.78, 5) is 21.7. The molecule has 1 aliphatic rings. The Morgan fingerprint density at radius 3 is 2.68 bits per heavy atom. The number of nitrogens with zero attached hydrogens (tertiary/aromatic N) is 3. The van der Waals surface area contributed by atoms with E-state index in [1.807, 2.05) is 0 Å². The van der Waals surface area contributed by atoms with Crippen molar-refractivity contribution < 1.29 is 9.72 Å². The van der Waals surface area contributed by atoms with Gasteiger partial charge in [-0.15, -0.1) is 0 Å². The van der Waals surface area contributed by atoms with E-state index in [2.05, 4.69) is 15.7 Å². The van der Waals surface area contributed by atoms with E-state index < -0.39 is 4.92 Å². The van der Waals surface area contributed by atoms with Gasteiger partial charge < -0.3 is 20.7 Å². The molecule has 2 rings (SSSR count). The highest BCUT2D eigenvalue weighted by molar-refractivity contribution is 5.75. The van der Waals surface area contributed by atoms with E-state index in [9.17, 15) is 14.9 Å². The van der Waals surface area contributed by atoms with Crippen LogP contribution in [-0.4, -0.2) is 39.7 Å². The minimum Gasteiger partial charge on any atom is -0.358 e. The quantitative estimate of drug-likeness (QED) is 0.341. The Morgan fingerprint density at radius 2 is 2.05 bits per heavy atom. The second kappa shape index (κ2) is 8.47. The molecular weight excluding hydrogens is 286 g/mol. The van der Waals surface area contributed by atoms with Crippen molar-refractivity contribution >= 4 is 11.7 Å². The molecule has 122 valence electrons. The van der Waals surface area contributed by atoms with Gasteiger partial charge in [0.15, 0.2) is 0 Å². The van der Waals surface area contributed by atoms with Gasteiger partial charge in [-0.1, -0.05) is 25.7 Å². The summed E-state index contributed by atoms with van der Waals surface area (Å²) < 4.78 is 1.27. The molecule has 0 saturated heterocycles. The third-order valence-corrected chi connectivity index (χ3v) is 3.85. The van der Waals surface area contributed by atoms with Crippen molar-refractivity contribution in [3.63, 3.8) is 0 Å². The molecular formula is C14H23N5O3. The minimum absolute atomic E-state index is 0.00271. The highest BCUT2D eigenvalue weighted by Gasteiger charge is 2.14. The SMILES string of the molecule is O=C(Cn1ccc([N+](=O)[O-])n1)NCCNC1CCCCCC1. The number of carbonyl (C=O) groups is 1. The van der Waals surface area contributed by atoms with Gasteiger partial charge >= 0.3 is 5.82 Å². The normalized spacial score (nSPS) is 16.2. The van der Waals surface area contributed by atoms with Gasteiger partial charge in [0.05, 0.1) is 17.4 Å². The zero-order valence-electron chi connectivity index (χ0n) is 12.7. The predicted molar refractivity (Wildman–Crippen MR) is 81.4 cm³/mol. The predicted octanol–water partition coefficient (Wildman–Crippen LogP) is 1.22. The molecule has 0 atom stereocenters. The number of nitrogens with one attached hydrogen (secondary N) is 2. The Hall–Kier alpha value is -1.96. The number of rotatable bonds is 7. The molecule has 1 amide bonds. The van der Waals surface area contributed by atoms with E-state index in [1.165, 1.54) is 55.5 Å². The second-order valence-electron chi connectivity index (χ2n) is 5.62. The molecule has 1 fully saturated rings. The summed E-state index contributed by atoms with van der Waals surface area (Å²) in [5.41, 5.74) is 0. The molecule has 0 aromatic carbocycles. The van der Waals surface area contributed by atoms with E-state index in [0.29, 0.717) is 12.6 Å². The van der Waals surface area contributed by atoms with Gasteiger partial charge in [0, 0.05) is 19.1 Å². The minimum atomic E-state index is -0.578. The fourth-order valence-electron chi connectivity index (χ4n) is 2.70. The largest absolute Gasteiger partial charge is 0.389 e. The van der Waals surface area contributed by atoms with Crippen LogP contribution in [0.2, 0.25) is 0 Å². The molecule has 8 nitrogen and oxygen atoms in total. The number of nitro groups is 1. The van der Waals surface area contributed by atoms with Crippen molar-refractivity contribution in [1.82, 2.24) is 20.4 Å². The van der Waals surface area contributed by atoms with Gasteiger partial charge in [-0.05, 0) is 17.8 Å². The highest BCUT2D eigenvalue weighted by atomic mass is 16.6. The third-order valence-electron chi connectivity index (χ3n) is 3.85. The molecule has 1 aliphatic carbocycles. The molecule has 0 spiro atoms. The zero-order valence-corrected chi connectivity index (χ0v) is 12.7. The van der Waals surface area contributed by atoms with Crippen LogP contribution < -0.4 is 10.6 Å². The lowest BCUT2D eigenvalue weighted by Crippen LogP contribution is -2.38. The number of aromatic nitrogens is 2. The van der Waals surface area contributed by atoms with Crippen LogP contribution >= 0.6 is 0 Å². The van der Waals surface area contributed by atoms with Crippen molar-refractivity contribution in [3.8, 4) is 0 Å². The molecule has 0 unspecified atom stereocenters. The van der Waals surface area contributed by atoms with Crippen LogP contribution in [0.1, 0.15) is 38.5 Å². The molecule has 0 aliphatic heterocycles. The van der Waals surface area contributed by atoms with Gasteiger partial charge in [0.2, 0.25) is 5.91 Å². The van der Waals surface area contributed by atoms with E-state index in [0.717, 1.165) is 6.54 Å². The van der Waals surface area contributed by atoms with E-state index in [1.54, 1.807) is 0 Å². The van der Waals surface area contributed by atoms with Crippen LogP contribution in [0, 0.1) is 10.1 Å². The first kappa shape index (κ1) is 16.4. The number of amides is 1. The van der Waals surface area contributed by atoms with Crippen LogP contribution in [0.5, 0.6) is 0 Å². The lowest BCUT2D eigenvalue weighted by molar-refractivity contribution is -0.389. The van der Waals surface area contributed by atoms with Crippen molar-refractivity contribution in [3.05, 3.63) is 22.4 Å². The van der Waals surface area contributed by atoms with E-state index >= 15 is 0 Å². The summed E-state index contributed by atoms with van der Waals surface area (Å²) in [5, 5.41) is 20.5. The van der Waals surface area contributed by atoms with Crippen molar-refractivity contribution in [2.75, 3.05) is 13.1 Å². The molecule has 22 heavy (non-hydrogen) atoms. The smallest absolute Gasteiger partial charge is 0.358 e. The summed E-state index contributed by atoms with van der Waals surface area (Å²) in [7, 11) is 0. The zero-order chi connectivity index (χ0) is 15.8. The summed E-state index contributed by atoms with van der Waals surface area (Å²) in [6.07, 6.45) is 9.07. The Morgan fingerprint density at radius 1 is 1.32 bits per heavy atom. The molecule has 0 radical (unpaired) electrons. The van der Waals surface area contributed by atoms with Gasteiger partial charge in [0.1, 0.15) is 6.54 Å². The molecule has 2 N–H and O–H groups in total. The fraction of sp³-hybridized carbons (Fsp3) is 0.714. The Balaban J connectivity index is 1.61. The lowest BCUT2D eigenvalue weighted by Gasteiger charge is -2.16. The van der Waals surface area contributed by atoms with Crippen LogP contribution in [-0.2, 0) is 11.3 Å². The topological polar surface area (TPSA) is 102 Å². The van der Waals surface area contributed by atoms with Crippen molar-refractivity contribution in [2.45, 2.75) is 51.1 Å². The molecule has 1 aromatic rings. The Labute approximate surface area is 129 Å². The highest BCUT2D eigenvalue weighted by Crippen LogP contribution is 2.16. The maximum Gasteiger partial charge on any atom is 0.389 e. The maximum absolute atomic E-state index is 11.7. The monoisotopic (exact) mass is 309 g/mol. The molecule has 1 heterocycles. The number of hydrogen-bond acceptors (Lipinski definition) is 5. The first-order valence-electron chi connectivity index (χ1n) is 7.83. The molecule has 8 heteroatoms. The van der Waals surface area contributed by atoms with Crippen LogP contribution in [0.4, 0.5) is 5.82 Å².